The number of hydrogen-bond acceptors (Lipinski definition) is 20. The van der Waals surface area contributed by atoms with Gasteiger partial charge in [-0.05, 0) is 63.1 Å². The van der Waals surface area contributed by atoms with E-state index in [9.17, 15) is 82.4 Å². The molecule has 1 aromatic heterocycles. The lowest BCUT2D eigenvalue weighted by atomic mass is 9.94. The summed E-state index contributed by atoms with van der Waals surface area (Å²) >= 11 is 8.59. The Labute approximate surface area is 534 Å². The van der Waals surface area contributed by atoms with Crippen LogP contribution in [-0.2, 0) is 80.1 Å². The Morgan fingerprint density at radius 2 is 1.35 bits per heavy atom. The van der Waals surface area contributed by atoms with Crippen LogP contribution in [0.5, 0.6) is 0 Å². The summed E-state index contributed by atoms with van der Waals surface area (Å²) in [4.78, 5) is 186. The van der Waals surface area contributed by atoms with Crippen molar-refractivity contribution in [2.75, 3.05) is 51.7 Å². The molecule has 2 aliphatic heterocycles. The van der Waals surface area contributed by atoms with Crippen molar-refractivity contribution in [2.24, 2.45) is 5.92 Å². The average molecular weight is 1310 g/mol. The zero-order chi connectivity index (χ0) is 67.2. The Kier molecular flexibility index (Phi) is 28.3. The van der Waals surface area contributed by atoms with Crippen molar-refractivity contribution in [2.45, 2.75) is 144 Å². The number of likely N-dealkylation sites (N-methyl/N-ethyl adjacent to an activating group) is 1. The van der Waals surface area contributed by atoms with E-state index in [1.54, 1.807) is 55.3 Å². The number of nitrogens with one attached hydrogen (secondary N) is 12. The number of hydrogen-bond donors (Lipinski definition) is 17. The fourth-order valence-corrected chi connectivity index (χ4v) is 10.4. The fourth-order valence-electron chi connectivity index (χ4n) is 9.77. The number of nitrogens with zero attached hydrogens (tertiary/aromatic N) is 2. The number of para-hydroxylation sites is 1. The number of aromatic nitrogens is 1. The molecule has 33 heteroatoms. The number of rotatable bonds is 34. The van der Waals surface area contributed by atoms with E-state index in [-0.39, 0.29) is 51.7 Å². The maximum atomic E-state index is 14.2. The number of aldehydes is 1. The van der Waals surface area contributed by atoms with Crippen molar-refractivity contribution in [3.05, 3.63) is 59.7 Å². The van der Waals surface area contributed by atoms with Gasteiger partial charge in [0.2, 0.25) is 76.8 Å². The predicted molar refractivity (Wildman–Crippen MR) is 332 cm³/mol. The van der Waals surface area contributed by atoms with Crippen molar-refractivity contribution in [1.82, 2.24) is 68.0 Å². The minimum Gasteiger partial charge on any atom is -0.394 e. The van der Waals surface area contributed by atoms with Crippen molar-refractivity contribution >= 4 is 125 Å². The first-order valence-electron chi connectivity index (χ1n) is 29.3. The molecule has 0 bridgehead atoms. The Morgan fingerprint density at radius 1 is 0.736 bits per heavy atom. The zero-order valence-corrected chi connectivity index (χ0v) is 52.6. The lowest BCUT2D eigenvalue weighted by Crippen LogP contribution is -2.60. The van der Waals surface area contributed by atoms with E-state index in [0.717, 1.165) is 4.90 Å². The molecule has 0 aliphatic carbocycles. The van der Waals surface area contributed by atoms with Gasteiger partial charge in [0.05, 0.1) is 67.2 Å². The largest absolute Gasteiger partial charge is 0.394 e. The van der Waals surface area contributed by atoms with Crippen LogP contribution in [0, 0.1) is 5.92 Å². The summed E-state index contributed by atoms with van der Waals surface area (Å²) in [7, 11) is 1.62. The smallest absolute Gasteiger partial charge is 0.246 e. The molecule has 15 N–H and O–H groups in total. The van der Waals surface area contributed by atoms with Crippen LogP contribution in [0.15, 0.2) is 53.6 Å². The second-order valence-corrected chi connectivity index (χ2v) is 23.2. The quantitative estimate of drug-likeness (QED) is 0.0152. The van der Waals surface area contributed by atoms with Crippen LogP contribution < -0.4 is 58.5 Å². The van der Waals surface area contributed by atoms with Crippen molar-refractivity contribution < 1.29 is 82.4 Å². The number of aliphatic hydroxyl groups excluding tert-OH is 3. The molecule has 31 nitrogen and oxygen atoms in total. The van der Waals surface area contributed by atoms with Gasteiger partial charge in [0.1, 0.15) is 36.5 Å². The molecule has 91 heavy (non-hydrogen) atoms. The number of thiol groups is 2. The number of H-pyrrole nitrogens is 1. The van der Waals surface area contributed by atoms with E-state index in [0.29, 0.717) is 45.5 Å². The first-order valence-corrected chi connectivity index (χ1v) is 30.3. The molecule has 0 radical (unpaired) electrons. The van der Waals surface area contributed by atoms with Crippen LogP contribution in [0.4, 0.5) is 5.69 Å². The molecule has 2 fully saturated rings. The summed E-state index contributed by atoms with van der Waals surface area (Å²) in [6, 6.07) is 4.69. The number of carbonyl (C=O) groups excluding carboxylic acids is 14. The van der Waals surface area contributed by atoms with Gasteiger partial charge in [0.25, 0.3) is 0 Å². The first-order chi connectivity index (χ1) is 43.1. The highest BCUT2D eigenvalue weighted by Gasteiger charge is 2.40. The summed E-state index contributed by atoms with van der Waals surface area (Å²) in [6.07, 6.45) is -2.40. The standard InChI is InChI=1S/C58H80N14O17S2/c1-6-9-39(67-48(81)25-62-54(86)40(20-37-36-10-7-8-11-38(36)69-57(37)91)68-56(88)50(29(2)42(76)28-74)70-55(87)41-19-35(75)26-71(41)5)53(85)61-24-47(80)64-31(4)52(84)66-34(27-73)18-45(78)59-22-32-12-14-33(15-13-32)65-51(83)30(3)63-46(79)23-60-44(77)16-17-72-49(82)21-43(90)58(72)89/h7-8,10-15,27,29-31,34-35,39-43,50,69,74-76,90-91H,6,9,16-26,28H2,1-5H3,(H,59,78)(H,60,77)(H,61,85)(H,62,86)(H,63,79)(H,64,80)(H,65,83)(H,66,84)(H,67,81)(H,68,88)(H,70,87)/t29-,30-,31-,34-,35+,39?,40+,41-,42-,43?,50?/m0/s1. The average Bonchev–Trinajstić information content (AvgIpc) is 1.77. The molecule has 496 valence electrons. The maximum Gasteiger partial charge on any atom is 0.246 e. The molecule has 11 atom stereocenters. The summed E-state index contributed by atoms with van der Waals surface area (Å²) in [5.74, 6) is -10.3. The molecule has 13 amide bonds. The third-order valence-electron chi connectivity index (χ3n) is 15.0. The van der Waals surface area contributed by atoms with Gasteiger partial charge >= 0.3 is 0 Å². The third-order valence-corrected chi connectivity index (χ3v) is 15.8. The Morgan fingerprint density at radius 3 is 1.95 bits per heavy atom. The Hall–Kier alpha value is -8.50. The van der Waals surface area contributed by atoms with Crippen LogP contribution in [-0.4, -0.2) is 219 Å². The molecular formula is C58H80N14O17S2. The number of aliphatic hydroxyl groups is 3. The summed E-state index contributed by atoms with van der Waals surface area (Å²) in [5.41, 5.74) is 2.09. The molecule has 2 saturated heterocycles. The van der Waals surface area contributed by atoms with E-state index in [2.05, 4.69) is 88.7 Å². The van der Waals surface area contributed by atoms with Gasteiger partial charge in [-0.15, -0.1) is 12.6 Å². The molecular weight excluding hydrogens is 1230 g/mol. The third kappa shape index (κ3) is 22.1. The lowest BCUT2D eigenvalue weighted by Gasteiger charge is -2.30. The fraction of sp³-hybridized carbons (Fsp3) is 0.517. The number of β-amino-alcohol motifs (C(OH)–C–C–N with tert-alkyl or cyclic N) is 1. The van der Waals surface area contributed by atoms with E-state index >= 15 is 0 Å². The van der Waals surface area contributed by atoms with Gasteiger partial charge in [-0.2, -0.15) is 12.6 Å². The zero-order valence-electron chi connectivity index (χ0n) is 50.8. The highest BCUT2D eigenvalue weighted by molar-refractivity contribution is 7.81. The number of benzene rings is 2. The molecule has 0 saturated carbocycles. The van der Waals surface area contributed by atoms with Crippen molar-refractivity contribution in [3.8, 4) is 0 Å². The van der Waals surface area contributed by atoms with Gasteiger partial charge in [0.15, 0.2) is 0 Å². The monoisotopic (exact) mass is 1310 g/mol. The van der Waals surface area contributed by atoms with E-state index in [4.69, 9.17) is 0 Å². The molecule has 2 aromatic carbocycles. The minimum absolute atomic E-state index is 0.0205. The van der Waals surface area contributed by atoms with Crippen LogP contribution in [0.25, 0.3) is 10.9 Å². The molecule has 0 spiro atoms. The Balaban J connectivity index is 1.05. The summed E-state index contributed by atoms with van der Waals surface area (Å²) in [6.45, 7) is 3.26. The lowest BCUT2D eigenvalue weighted by molar-refractivity contribution is -0.139. The van der Waals surface area contributed by atoms with Crippen LogP contribution in [0.1, 0.15) is 77.3 Å². The predicted octanol–water partition coefficient (Wildman–Crippen LogP) is -4.56. The molecule has 2 aliphatic rings. The second kappa shape index (κ2) is 35.2. The SMILES string of the molecule is CCCC(NC(=O)CNC(=O)[C@@H](Cc1c(S)[nH]c2ccccc12)NC(=O)C(NC(=O)[C@@H]1C[C@@H](O)CN1C)[C@@H](C)[C@@H](O)CO)C(=O)NCC(=O)N[C@@H](C)C(=O)N[C@H](C=O)CC(=O)NCc1ccc(NC(=O)[C@H](C)NC(=O)CNC(=O)CCN2C(=O)CC(S)C2=O)cc1. The first kappa shape index (κ1) is 73.2. The number of carbonyl (C=O) groups is 14. The van der Waals surface area contributed by atoms with E-state index in [1.807, 2.05) is 0 Å². The van der Waals surface area contributed by atoms with Crippen LogP contribution in [0.2, 0.25) is 0 Å². The van der Waals surface area contributed by atoms with Gasteiger partial charge in [-0.25, -0.2) is 0 Å². The van der Waals surface area contributed by atoms with Crippen molar-refractivity contribution in [1.29, 1.82) is 0 Å². The van der Waals surface area contributed by atoms with Crippen LogP contribution in [0.3, 0.4) is 0 Å². The molecule has 3 unspecified atom stereocenters. The number of likely N-dealkylation sites (tertiary alicyclic amines) is 2. The number of aromatic amines is 1. The molecule has 5 rings (SSSR count). The summed E-state index contributed by atoms with van der Waals surface area (Å²) < 4.78 is 0. The number of anilines is 1. The number of imide groups is 1. The Bertz CT molecular complexity index is 3170. The minimum atomic E-state index is -1.50. The van der Waals surface area contributed by atoms with E-state index < -0.39 is 175 Å². The van der Waals surface area contributed by atoms with Crippen molar-refractivity contribution in [3.63, 3.8) is 0 Å². The van der Waals surface area contributed by atoms with Gasteiger partial charge in [-0.3, -0.25) is 72.1 Å². The molecule has 3 heterocycles. The highest BCUT2D eigenvalue weighted by atomic mass is 32.1. The topological polar surface area (TPSA) is 454 Å². The van der Waals surface area contributed by atoms with Crippen LogP contribution >= 0.6 is 25.3 Å². The van der Waals surface area contributed by atoms with Gasteiger partial charge < -0.3 is 83.6 Å². The second-order valence-electron chi connectivity index (χ2n) is 22.2. The highest BCUT2D eigenvalue weighted by Crippen LogP contribution is 2.27. The summed E-state index contributed by atoms with van der Waals surface area (Å²) in [5, 5.41) is 58.3. The van der Waals surface area contributed by atoms with Gasteiger partial charge in [0, 0.05) is 61.4 Å². The number of amides is 13. The van der Waals surface area contributed by atoms with Gasteiger partial charge in [-0.1, -0.05) is 50.6 Å². The van der Waals surface area contributed by atoms with E-state index in [1.165, 1.54) is 32.9 Å². The normalized spacial score (nSPS) is 18.2. The maximum absolute atomic E-state index is 14.2. The number of fused-ring (bicyclic) bond motifs is 1. The molecule has 3 aromatic rings.